The maximum absolute atomic E-state index is 12.9. The average Bonchev–Trinajstić information content (AvgIpc) is 3.23. The summed E-state index contributed by atoms with van der Waals surface area (Å²) in [5.74, 6) is 0.317. The van der Waals surface area contributed by atoms with Crippen LogP contribution in [-0.4, -0.2) is 48.6 Å². The zero-order valence-electron chi connectivity index (χ0n) is 16.9. The number of benzene rings is 2. The number of alkyl carbamates (subject to hydrolysis) is 1. The van der Waals surface area contributed by atoms with E-state index in [9.17, 15) is 9.59 Å². The molecule has 0 saturated carbocycles. The SMILES string of the molecule is CCOC(=O)NCCNC(=O)c1cn(-c2ccccc2)nc1-c1ccccc1OC. The maximum atomic E-state index is 12.9. The minimum absolute atomic E-state index is 0.250. The molecule has 2 amide bonds. The second kappa shape index (κ2) is 10.1. The molecule has 0 spiro atoms. The van der Waals surface area contributed by atoms with Crippen LogP contribution >= 0.6 is 0 Å². The molecular formula is C22H24N4O4. The first-order valence-electron chi connectivity index (χ1n) is 9.61. The molecule has 30 heavy (non-hydrogen) atoms. The highest BCUT2D eigenvalue weighted by Crippen LogP contribution is 2.31. The zero-order valence-corrected chi connectivity index (χ0v) is 16.9. The summed E-state index contributed by atoms with van der Waals surface area (Å²) in [6.07, 6.45) is 1.17. The lowest BCUT2D eigenvalue weighted by atomic mass is 10.1. The number of rotatable bonds is 8. The fraction of sp³-hybridized carbons (Fsp3) is 0.227. The molecule has 0 aliphatic heterocycles. The molecule has 0 aliphatic rings. The molecule has 3 rings (SSSR count). The van der Waals surface area contributed by atoms with Gasteiger partial charge in [-0.3, -0.25) is 4.79 Å². The first kappa shape index (κ1) is 20.9. The molecule has 0 atom stereocenters. The van der Waals surface area contributed by atoms with Gasteiger partial charge in [0.1, 0.15) is 11.4 Å². The molecule has 0 fully saturated rings. The Morgan fingerprint density at radius 2 is 1.70 bits per heavy atom. The van der Waals surface area contributed by atoms with Crippen LogP contribution in [0.3, 0.4) is 0 Å². The molecule has 156 valence electrons. The molecule has 8 heteroatoms. The van der Waals surface area contributed by atoms with Crippen LogP contribution in [0.5, 0.6) is 5.75 Å². The van der Waals surface area contributed by atoms with Crippen molar-refractivity contribution < 1.29 is 19.1 Å². The number of nitrogens with one attached hydrogen (secondary N) is 2. The summed E-state index contributed by atoms with van der Waals surface area (Å²) in [5.41, 5.74) is 2.45. The van der Waals surface area contributed by atoms with Crippen molar-refractivity contribution in [3.63, 3.8) is 0 Å². The number of carbonyl (C=O) groups excluding carboxylic acids is 2. The van der Waals surface area contributed by atoms with Crippen molar-refractivity contribution in [3.8, 4) is 22.7 Å². The summed E-state index contributed by atoms with van der Waals surface area (Å²) in [7, 11) is 1.58. The lowest BCUT2D eigenvalue weighted by molar-refractivity contribution is 0.0953. The van der Waals surface area contributed by atoms with Crippen LogP contribution in [0.1, 0.15) is 17.3 Å². The Balaban J connectivity index is 1.85. The first-order valence-corrected chi connectivity index (χ1v) is 9.61. The molecule has 1 heterocycles. The number of hydrogen-bond acceptors (Lipinski definition) is 5. The van der Waals surface area contributed by atoms with Gasteiger partial charge in [-0.2, -0.15) is 5.10 Å². The highest BCUT2D eigenvalue weighted by atomic mass is 16.5. The number of methoxy groups -OCH3 is 1. The molecule has 2 N–H and O–H groups in total. The van der Waals surface area contributed by atoms with E-state index in [4.69, 9.17) is 9.47 Å². The Morgan fingerprint density at radius 1 is 1.00 bits per heavy atom. The summed E-state index contributed by atoms with van der Waals surface area (Å²) in [4.78, 5) is 24.3. The second-order valence-electron chi connectivity index (χ2n) is 6.27. The summed E-state index contributed by atoms with van der Waals surface area (Å²) < 4.78 is 11.9. The van der Waals surface area contributed by atoms with Gasteiger partial charge < -0.3 is 20.1 Å². The number of hydrogen-bond donors (Lipinski definition) is 2. The van der Waals surface area contributed by atoms with E-state index < -0.39 is 6.09 Å². The molecule has 3 aromatic rings. The predicted octanol–water partition coefficient (Wildman–Crippen LogP) is 3.02. The lowest BCUT2D eigenvalue weighted by Crippen LogP contribution is -2.35. The van der Waals surface area contributed by atoms with E-state index in [1.165, 1.54) is 0 Å². The molecule has 2 aromatic carbocycles. The minimum atomic E-state index is -0.515. The Labute approximate surface area is 174 Å². The van der Waals surface area contributed by atoms with Crippen LogP contribution in [0.25, 0.3) is 16.9 Å². The van der Waals surface area contributed by atoms with Crippen molar-refractivity contribution in [2.24, 2.45) is 0 Å². The van der Waals surface area contributed by atoms with E-state index >= 15 is 0 Å². The minimum Gasteiger partial charge on any atom is -0.496 e. The van der Waals surface area contributed by atoms with Crippen LogP contribution in [0.2, 0.25) is 0 Å². The van der Waals surface area contributed by atoms with E-state index in [0.29, 0.717) is 29.2 Å². The average molecular weight is 408 g/mol. The molecular weight excluding hydrogens is 384 g/mol. The Bertz CT molecular complexity index is 1000. The molecule has 0 bridgehead atoms. The van der Waals surface area contributed by atoms with Crippen LogP contribution < -0.4 is 15.4 Å². The Hall–Kier alpha value is -3.81. The van der Waals surface area contributed by atoms with Gasteiger partial charge in [-0.05, 0) is 31.2 Å². The molecule has 8 nitrogen and oxygen atoms in total. The van der Waals surface area contributed by atoms with Crippen LogP contribution in [0, 0.1) is 0 Å². The Morgan fingerprint density at radius 3 is 2.43 bits per heavy atom. The van der Waals surface area contributed by atoms with Gasteiger partial charge in [0.2, 0.25) is 0 Å². The number of aromatic nitrogens is 2. The quantitative estimate of drug-likeness (QED) is 0.559. The van der Waals surface area contributed by atoms with Crippen LogP contribution in [0.15, 0.2) is 60.8 Å². The van der Waals surface area contributed by atoms with Crippen molar-refractivity contribution in [1.29, 1.82) is 0 Å². The summed E-state index contributed by atoms with van der Waals surface area (Å²) in [5, 5.41) is 10.0. The lowest BCUT2D eigenvalue weighted by Gasteiger charge is -2.09. The monoisotopic (exact) mass is 408 g/mol. The van der Waals surface area contributed by atoms with Gasteiger partial charge in [0.05, 0.1) is 25.0 Å². The van der Waals surface area contributed by atoms with E-state index in [1.54, 1.807) is 24.9 Å². The van der Waals surface area contributed by atoms with Gasteiger partial charge in [0.25, 0.3) is 5.91 Å². The third-order valence-corrected chi connectivity index (χ3v) is 4.30. The van der Waals surface area contributed by atoms with Gasteiger partial charge in [-0.15, -0.1) is 0 Å². The highest BCUT2D eigenvalue weighted by molar-refractivity contribution is 6.00. The fourth-order valence-electron chi connectivity index (χ4n) is 2.91. The standard InChI is InChI=1S/C22H24N4O4/c1-3-30-22(28)24-14-13-23-21(27)18-15-26(16-9-5-4-6-10-16)25-20(18)17-11-7-8-12-19(17)29-2/h4-12,15H,3,13-14H2,1-2H3,(H,23,27)(H,24,28). The summed E-state index contributed by atoms with van der Waals surface area (Å²) in [6.45, 7) is 2.52. The van der Waals surface area contributed by atoms with Crippen molar-refractivity contribution in [1.82, 2.24) is 20.4 Å². The molecule has 0 radical (unpaired) electrons. The summed E-state index contributed by atoms with van der Waals surface area (Å²) in [6, 6.07) is 16.9. The van der Waals surface area contributed by atoms with E-state index in [0.717, 1.165) is 5.69 Å². The Kier molecular flexibility index (Phi) is 7.05. The van der Waals surface area contributed by atoms with Crippen LogP contribution in [-0.2, 0) is 4.74 Å². The van der Waals surface area contributed by atoms with E-state index in [2.05, 4.69) is 15.7 Å². The van der Waals surface area contributed by atoms with Crippen molar-refractivity contribution >= 4 is 12.0 Å². The van der Waals surface area contributed by atoms with Gasteiger partial charge in [-0.1, -0.05) is 30.3 Å². The largest absolute Gasteiger partial charge is 0.496 e. The van der Waals surface area contributed by atoms with Crippen molar-refractivity contribution in [2.45, 2.75) is 6.92 Å². The number of nitrogens with zero attached hydrogens (tertiary/aromatic N) is 2. The molecule has 0 unspecified atom stereocenters. The van der Waals surface area contributed by atoms with E-state index in [-0.39, 0.29) is 19.0 Å². The first-order chi connectivity index (χ1) is 14.6. The normalized spacial score (nSPS) is 10.3. The van der Waals surface area contributed by atoms with Crippen molar-refractivity contribution in [3.05, 3.63) is 66.4 Å². The third-order valence-electron chi connectivity index (χ3n) is 4.30. The fourth-order valence-corrected chi connectivity index (χ4v) is 2.91. The summed E-state index contributed by atoms with van der Waals surface area (Å²) >= 11 is 0. The van der Waals surface area contributed by atoms with Gasteiger partial charge in [-0.25, -0.2) is 9.48 Å². The number of para-hydroxylation sites is 2. The topological polar surface area (TPSA) is 94.5 Å². The highest BCUT2D eigenvalue weighted by Gasteiger charge is 2.20. The molecule has 0 saturated heterocycles. The molecule has 1 aromatic heterocycles. The number of ether oxygens (including phenoxy) is 2. The van der Waals surface area contributed by atoms with Gasteiger partial charge in [0.15, 0.2) is 0 Å². The van der Waals surface area contributed by atoms with Gasteiger partial charge >= 0.3 is 6.09 Å². The molecule has 0 aliphatic carbocycles. The number of carbonyl (C=O) groups is 2. The zero-order chi connectivity index (χ0) is 21.3. The van der Waals surface area contributed by atoms with Gasteiger partial charge in [0, 0.05) is 24.8 Å². The van der Waals surface area contributed by atoms with E-state index in [1.807, 2.05) is 54.6 Å². The van der Waals surface area contributed by atoms with Crippen LogP contribution in [0.4, 0.5) is 4.79 Å². The predicted molar refractivity (Wildman–Crippen MR) is 113 cm³/mol. The second-order valence-corrected chi connectivity index (χ2v) is 6.27. The maximum Gasteiger partial charge on any atom is 0.407 e. The third kappa shape index (κ3) is 4.96. The van der Waals surface area contributed by atoms with Crippen molar-refractivity contribution in [2.75, 3.05) is 26.8 Å². The number of amides is 2. The smallest absolute Gasteiger partial charge is 0.407 e.